The maximum atomic E-state index is 12.6. The SMILES string of the molecule is O=C(N[C@H]1CCCc2ccccc21)c1cc(-c2ccccc2)n[nH]1. The molecule has 2 N–H and O–H groups in total. The van der Waals surface area contributed by atoms with Gasteiger partial charge in [0, 0.05) is 5.56 Å². The van der Waals surface area contributed by atoms with Crippen LogP contribution >= 0.6 is 0 Å². The van der Waals surface area contributed by atoms with Crippen LogP contribution in [0.2, 0.25) is 0 Å². The molecule has 0 saturated carbocycles. The number of hydrogen-bond acceptors (Lipinski definition) is 2. The monoisotopic (exact) mass is 317 g/mol. The highest BCUT2D eigenvalue weighted by Crippen LogP contribution is 2.29. The number of benzene rings is 2. The van der Waals surface area contributed by atoms with Crippen molar-refractivity contribution < 1.29 is 4.79 Å². The number of carbonyl (C=O) groups is 1. The molecule has 0 fully saturated rings. The Balaban J connectivity index is 1.53. The molecular formula is C20H19N3O. The summed E-state index contributed by atoms with van der Waals surface area (Å²) in [5.41, 5.74) is 4.85. The van der Waals surface area contributed by atoms with Crippen molar-refractivity contribution in [3.8, 4) is 11.3 Å². The number of nitrogens with one attached hydrogen (secondary N) is 2. The van der Waals surface area contributed by atoms with E-state index in [1.54, 1.807) is 6.07 Å². The summed E-state index contributed by atoms with van der Waals surface area (Å²) in [5, 5.41) is 10.3. The van der Waals surface area contributed by atoms with E-state index in [1.807, 2.05) is 36.4 Å². The third-order valence-corrected chi connectivity index (χ3v) is 4.57. The standard InChI is InChI=1S/C20H19N3O/c24-20(19-13-18(22-23-19)15-8-2-1-3-9-15)21-17-12-6-10-14-7-4-5-11-16(14)17/h1-5,7-9,11,13,17H,6,10,12H2,(H,21,24)(H,22,23)/t17-/m0/s1. The summed E-state index contributed by atoms with van der Waals surface area (Å²) in [6, 6.07) is 20.1. The third-order valence-electron chi connectivity index (χ3n) is 4.57. The number of aromatic amines is 1. The molecule has 24 heavy (non-hydrogen) atoms. The molecule has 4 heteroatoms. The summed E-state index contributed by atoms with van der Waals surface area (Å²) >= 11 is 0. The van der Waals surface area contributed by atoms with Gasteiger partial charge in [0.1, 0.15) is 5.69 Å². The zero-order valence-corrected chi connectivity index (χ0v) is 13.3. The molecule has 3 aromatic rings. The first kappa shape index (κ1) is 14.7. The van der Waals surface area contributed by atoms with Crippen molar-refractivity contribution in [1.29, 1.82) is 0 Å². The van der Waals surface area contributed by atoms with Crippen LogP contribution in [0.1, 0.15) is 40.5 Å². The summed E-state index contributed by atoms with van der Waals surface area (Å²) in [4.78, 5) is 12.6. The van der Waals surface area contributed by atoms with Crippen molar-refractivity contribution in [3.63, 3.8) is 0 Å². The van der Waals surface area contributed by atoms with Gasteiger partial charge in [0.25, 0.3) is 5.91 Å². The second kappa shape index (κ2) is 6.32. The maximum Gasteiger partial charge on any atom is 0.269 e. The molecule has 1 amide bonds. The Bertz CT molecular complexity index is 854. The fraction of sp³-hybridized carbons (Fsp3) is 0.200. The number of H-pyrrole nitrogens is 1. The van der Waals surface area contributed by atoms with Gasteiger partial charge in [0.2, 0.25) is 0 Å². The summed E-state index contributed by atoms with van der Waals surface area (Å²) < 4.78 is 0. The van der Waals surface area contributed by atoms with Gasteiger partial charge in [-0.2, -0.15) is 5.10 Å². The molecule has 1 aromatic heterocycles. The van der Waals surface area contributed by atoms with E-state index >= 15 is 0 Å². The molecule has 4 nitrogen and oxygen atoms in total. The molecule has 120 valence electrons. The average Bonchev–Trinajstić information content (AvgIpc) is 3.13. The van der Waals surface area contributed by atoms with E-state index in [2.05, 4.69) is 33.7 Å². The smallest absolute Gasteiger partial charge is 0.269 e. The Labute approximate surface area is 140 Å². The first-order valence-electron chi connectivity index (χ1n) is 8.31. The van der Waals surface area contributed by atoms with E-state index in [1.165, 1.54) is 11.1 Å². The molecule has 2 aromatic carbocycles. The van der Waals surface area contributed by atoms with E-state index in [-0.39, 0.29) is 11.9 Å². The lowest BCUT2D eigenvalue weighted by atomic mass is 9.87. The van der Waals surface area contributed by atoms with Gasteiger partial charge in [-0.15, -0.1) is 0 Å². The molecule has 0 spiro atoms. The third kappa shape index (κ3) is 2.83. The molecule has 1 aliphatic carbocycles. The van der Waals surface area contributed by atoms with Gasteiger partial charge >= 0.3 is 0 Å². The Hall–Kier alpha value is -2.88. The van der Waals surface area contributed by atoms with Gasteiger partial charge in [0.15, 0.2) is 0 Å². The largest absolute Gasteiger partial charge is 0.344 e. The van der Waals surface area contributed by atoms with E-state index < -0.39 is 0 Å². The number of amides is 1. The Morgan fingerprint density at radius 2 is 1.88 bits per heavy atom. The Kier molecular flexibility index (Phi) is 3.87. The first-order chi connectivity index (χ1) is 11.8. The predicted octanol–water partition coefficient (Wildman–Crippen LogP) is 3.88. The van der Waals surface area contributed by atoms with Crippen LogP contribution in [-0.2, 0) is 6.42 Å². The first-order valence-corrected chi connectivity index (χ1v) is 8.31. The predicted molar refractivity (Wildman–Crippen MR) is 93.6 cm³/mol. The molecule has 0 unspecified atom stereocenters. The average molecular weight is 317 g/mol. The van der Waals surface area contributed by atoms with E-state index in [9.17, 15) is 4.79 Å². The van der Waals surface area contributed by atoms with E-state index in [0.717, 1.165) is 30.5 Å². The van der Waals surface area contributed by atoms with Gasteiger partial charge in [0.05, 0.1) is 11.7 Å². The Morgan fingerprint density at radius 1 is 1.08 bits per heavy atom. The molecule has 0 saturated heterocycles. The lowest BCUT2D eigenvalue weighted by Crippen LogP contribution is -2.31. The fourth-order valence-corrected chi connectivity index (χ4v) is 3.33. The molecule has 0 bridgehead atoms. The van der Waals surface area contributed by atoms with E-state index in [4.69, 9.17) is 0 Å². The van der Waals surface area contributed by atoms with Crippen LogP contribution in [0.15, 0.2) is 60.7 Å². The van der Waals surface area contributed by atoms with Gasteiger partial charge in [-0.25, -0.2) is 0 Å². The summed E-state index contributed by atoms with van der Waals surface area (Å²) in [6.45, 7) is 0. The van der Waals surface area contributed by atoms with Crippen molar-refractivity contribution in [2.24, 2.45) is 0 Å². The molecule has 1 aliphatic rings. The fourth-order valence-electron chi connectivity index (χ4n) is 3.33. The molecule has 4 rings (SSSR count). The highest BCUT2D eigenvalue weighted by Gasteiger charge is 2.22. The topological polar surface area (TPSA) is 57.8 Å². The zero-order valence-electron chi connectivity index (χ0n) is 13.3. The summed E-state index contributed by atoms with van der Waals surface area (Å²) in [6.07, 6.45) is 3.16. The minimum Gasteiger partial charge on any atom is -0.344 e. The van der Waals surface area contributed by atoms with Crippen LogP contribution in [-0.4, -0.2) is 16.1 Å². The summed E-state index contributed by atoms with van der Waals surface area (Å²) in [7, 11) is 0. The minimum atomic E-state index is -0.105. The minimum absolute atomic E-state index is 0.0749. The normalized spacial score (nSPS) is 16.4. The number of hydrogen-bond donors (Lipinski definition) is 2. The van der Waals surface area contributed by atoms with Crippen molar-refractivity contribution in [2.45, 2.75) is 25.3 Å². The zero-order chi connectivity index (χ0) is 16.4. The van der Waals surface area contributed by atoms with Crippen molar-refractivity contribution in [2.75, 3.05) is 0 Å². The molecular weight excluding hydrogens is 298 g/mol. The van der Waals surface area contributed by atoms with Crippen molar-refractivity contribution in [1.82, 2.24) is 15.5 Å². The number of nitrogens with zero attached hydrogens (tertiary/aromatic N) is 1. The van der Waals surface area contributed by atoms with Gasteiger partial charge in [-0.3, -0.25) is 9.89 Å². The van der Waals surface area contributed by atoms with Crippen molar-refractivity contribution in [3.05, 3.63) is 77.5 Å². The number of rotatable bonds is 3. The lowest BCUT2D eigenvalue weighted by Gasteiger charge is -2.26. The quantitative estimate of drug-likeness (QED) is 0.770. The highest BCUT2D eigenvalue weighted by molar-refractivity contribution is 5.93. The molecule has 1 heterocycles. The van der Waals surface area contributed by atoms with Crippen LogP contribution in [0, 0.1) is 0 Å². The van der Waals surface area contributed by atoms with Gasteiger partial charge in [-0.05, 0) is 36.5 Å². The van der Waals surface area contributed by atoms with Crippen LogP contribution < -0.4 is 5.32 Å². The highest BCUT2D eigenvalue weighted by atomic mass is 16.2. The maximum absolute atomic E-state index is 12.6. The molecule has 1 atom stereocenters. The Morgan fingerprint density at radius 3 is 2.75 bits per heavy atom. The van der Waals surface area contributed by atoms with Crippen LogP contribution in [0.5, 0.6) is 0 Å². The second-order valence-corrected chi connectivity index (χ2v) is 6.15. The number of carbonyl (C=O) groups excluding carboxylic acids is 1. The summed E-state index contributed by atoms with van der Waals surface area (Å²) in [5.74, 6) is -0.105. The van der Waals surface area contributed by atoms with Crippen LogP contribution in [0.4, 0.5) is 0 Å². The lowest BCUT2D eigenvalue weighted by molar-refractivity contribution is 0.0927. The van der Waals surface area contributed by atoms with Gasteiger partial charge in [-0.1, -0.05) is 54.6 Å². The molecule has 0 aliphatic heterocycles. The second-order valence-electron chi connectivity index (χ2n) is 6.15. The van der Waals surface area contributed by atoms with Crippen molar-refractivity contribution >= 4 is 5.91 Å². The van der Waals surface area contributed by atoms with Crippen LogP contribution in [0.25, 0.3) is 11.3 Å². The number of fused-ring (bicyclic) bond motifs is 1. The van der Waals surface area contributed by atoms with Gasteiger partial charge < -0.3 is 5.32 Å². The van der Waals surface area contributed by atoms with E-state index in [0.29, 0.717) is 5.69 Å². The number of aryl methyl sites for hydroxylation is 1. The molecule has 0 radical (unpaired) electrons. The van der Waals surface area contributed by atoms with Crippen LogP contribution in [0.3, 0.4) is 0 Å². The number of aromatic nitrogens is 2.